The van der Waals surface area contributed by atoms with E-state index < -0.39 is 28.8 Å². The summed E-state index contributed by atoms with van der Waals surface area (Å²) in [7, 11) is 1.43. The van der Waals surface area contributed by atoms with Gasteiger partial charge in [-0.1, -0.05) is 12.6 Å². The first-order valence-corrected chi connectivity index (χ1v) is 17.7. The first kappa shape index (κ1) is 29.9. The fraction of sp³-hybridized carbons (Fsp3) is 0.688. The van der Waals surface area contributed by atoms with E-state index in [-0.39, 0.29) is 2.85 Å². The van der Waals surface area contributed by atoms with Crippen LogP contribution < -0.4 is 0 Å². The molecule has 0 saturated heterocycles. The van der Waals surface area contributed by atoms with Gasteiger partial charge in [0.2, 0.25) is 0 Å². The van der Waals surface area contributed by atoms with Gasteiger partial charge in [-0.25, -0.2) is 0 Å². The van der Waals surface area contributed by atoms with Crippen molar-refractivity contribution < 1.29 is 20.9 Å². The van der Waals surface area contributed by atoms with Crippen molar-refractivity contribution in [3.05, 3.63) is 13.3 Å². The van der Waals surface area contributed by atoms with Crippen molar-refractivity contribution in [3.8, 4) is 0 Å². The van der Waals surface area contributed by atoms with Crippen LogP contribution in [0.3, 0.4) is 0 Å². The van der Waals surface area contributed by atoms with E-state index in [0.29, 0.717) is 0 Å². The van der Waals surface area contributed by atoms with Gasteiger partial charge >= 0.3 is 0 Å². The molecule has 0 rings (SSSR count). The van der Waals surface area contributed by atoms with Crippen LogP contribution in [0.4, 0.5) is 0 Å². The SMILES string of the molecule is C=P(C)(C)OC.C=P(C)(C)OC.C=P([CH2-])(CC[P+]([CH2-])(C)OC)OC.[HH].[HH]. The summed E-state index contributed by atoms with van der Waals surface area (Å²) in [5.41, 5.74) is 0. The fourth-order valence-corrected chi connectivity index (χ4v) is 4.09. The lowest BCUT2D eigenvalue weighted by atomic mass is 11.0. The lowest BCUT2D eigenvalue weighted by Crippen LogP contribution is -2.01. The molecule has 0 radical (unpaired) electrons. The summed E-state index contributed by atoms with van der Waals surface area (Å²) in [5, 5.41) is 0. The number of hydrogen-bond acceptors (Lipinski definition) is 4. The van der Waals surface area contributed by atoms with Crippen molar-refractivity contribution in [1.29, 1.82) is 0 Å². The van der Waals surface area contributed by atoms with Crippen molar-refractivity contribution in [1.82, 2.24) is 0 Å². The van der Waals surface area contributed by atoms with Crippen LogP contribution in [0.5, 0.6) is 0 Å². The van der Waals surface area contributed by atoms with E-state index in [1.54, 1.807) is 28.4 Å². The minimum atomic E-state index is -1.63. The third-order valence-corrected chi connectivity index (χ3v) is 8.99. The van der Waals surface area contributed by atoms with Crippen molar-refractivity contribution in [2.24, 2.45) is 0 Å². The predicted octanol–water partition coefficient (Wildman–Crippen LogP) is 5.80. The molecule has 8 heteroatoms. The molecule has 154 valence electrons. The van der Waals surface area contributed by atoms with Crippen LogP contribution in [-0.4, -0.2) is 93.0 Å². The second-order valence-electron chi connectivity index (χ2n) is 6.68. The summed E-state index contributed by atoms with van der Waals surface area (Å²) in [4.78, 5) is 0. The zero-order chi connectivity index (χ0) is 20.2. The van der Waals surface area contributed by atoms with E-state index in [4.69, 9.17) is 18.1 Å². The summed E-state index contributed by atoms with van der Waals surface area (Å²) in [6.07, 6.45) is 13.3. The van der Waals surface area contributed by atoms with Crippen LogP contribution >= 0.6 is 28.8 Å². The van der Waals surface area contributed by atoms with E-state index in [0.717, 1.165) is 12.3 Å². The Kier molecular flexibility index (Phi) is 16.6. The minimum Gasteiger partial charge on any atom is -0.396 e. The van der Waals surface area contributed by atoms with Gasteiger partial charge in [0.25, 0.3) is 0 Å². The normalized spacial score (nSPS) is 16.6. The zero-order valence-corrected chi connectivity index (χ0v) is 20.9. The van der Waals surface area contributed by atoms with Crippen LogP contribution in [0.1, 0.15) is 2.85 Å². The van der Waals surface area contributed by atoms with Gasteiger partial charge in [0.15, 0.2) is 0 Å². The third kappa shape index (κ3) is 28.0. The molecule has 0 spiro atoms. The Morgan fingerprint density at radius 1 is 0.875 bits per heavy atom. The van der Waals surface area contributed by atoms with Gasteiger partial charge in [-0.2, -0.15) is 6.66 Å². The highest BCUT2D eigenvalue weighted by molar-refractivity contribution is 7.74. The van der Waals surface area contributed by atoms with Gasteiger partial charge in [-0.05, 0) is 47.0 Å². The molecule has 0 aliphatic heterocycles. The summed E-state index contributed by atoms with van der Waals surface area (Å²) in [6, 6.07) is 0. The third-order valence-electron chi connectivity index (χ3n) is 2.80. The first-order chi connectivity index (χ1) is 10.4. The molecule has 0 fully saturated rings. The van der Waals surface area contributed by atoms with Gasteiger partial charge in [-0.3, -0.25) is 11.2 Å². The van der Waals surface area contributed by atoms with Crippen LogP contribution in [0.25, 0.3) is 0 Å². The lowest BCUT2D eigenvalue weighted by Gasteiger charge is -2.29. The number of hydrogen-bond donors (Lipinski definition) is 0. The molecule has 0 bridgehead atoms. The maximum atomic E-state index is 5.28. The van der Waals surface area contributed by atoms with Crippen molar-refractivity contribution in [2.45, 2.75) is 0 Å². The molecule has 0 aliphatic rings. The highest BCUT2D eigenvalue weighted by atomic mass is 31.2. The molecule has 0 aromatic heterocycles. The Hall–Kier alpha value is 1.17. The fourth-order valence-electron chi connectivity index (χ4n) is 0.576. The van der Waals surface area contributed by atoms with Gasteiger partial charge in [0.05, 0.1) is 13.3 Å². The molecule has 0 amide bonds. The van der Waals surface area contributed by atoms with E-state index >= 15 is 0 Å². The average Bonchev–Trinajstić information content (AvgIpc) is 2.45. The maximum Gasteiger partial charge on any atom is 0.0758 e. The Bertz CT molecular complexity index is 437. The highest BCUT2D eigenvalue weighted by Crippen LogP contribution is 2.57. The van der Waals surface area contributed by atoms with Crippen LogP contribution in [0, 0.1) is 13.3 Å². The van der Waals surface area contributed by atoms with Crippen molar-refractivity contribution in [3.63, 3.8) is 0 Å². The quantitative estimate of drug-likeness (QED) is 0.382. The summed E-state index contributed by atoms with van der Waals surface area (Å²) >= 11 is 0. The van der Waals surface area contributed by atoms with E-state index in [9.17, 15) is 0 Å². The molecule has 0 aromatic carbocycles. The van der Waals surface area contributed by atoms with Gasteiger partial charge in [-0.15, -0.1) is 13.4 Å². The molecule has 0 N–H and O–H groups in total. The molecule has 2 atom stereocenters. The topological polar surface area (TPSA) is 36.9 Å². The lowest BCUT2D eigenvalue weighted by molar-refractivity contribution is 0.451. The molecule has 2 unspecified atom stereocenters. The minimum absolute atomic E-state index is 0. The van der Waals surface area contributed by atoms with Crippen molar-refractivity contribution >= 4 is 47.7 Å². The molecule has 0 heterocycles. The maximum absolute atomic E-state index is 5.28. The first-order valence-electron chi connectivity index (χ1n) is 7.31. The second kappa shape index (κ2) is 13.4. The average molecular weight is 425 g/mol. The Morgan fingerprint density at radius 3 is 1.33 bits per heavy atom. The van der Waals surface area contributed by atoms with Crippen molar-refractivity contribution in [2.75, 3.05) is 74.1 Å². The summed E-state index contributed by atoms with van der Waals surface area (Å²) < 4.78 is 20.4. The Labute approximate surface area is 156 Å². The van der Waals surface area contributed by atoms with E-state index in [1.165, 1.54) is 0 Å². The Morgan fingerprint density at radius 2 is 1.17 bits per heavy atom. The molecule has 0 aromatic rings. The monoisotopic (exact) mass is 425 g/mol. The van der Waals surface area contributed by atoms with E-state index in [1.807, 2.05) is 26.7 Å². The van der Waals surface area contributed by atoms with Gasteiger partial charge in [0, 0.05) is 38.3 Å². The van der Waals surface area contributed by atoms with Crippen LogP contribution in [-0.2, 0) is 18.1 Å². The van der Waals surface area contributed by atoms with Gasteiger partial charge < -0.3 is 13.6 Å². The molecule has 4 nitrogen and oxygen atoms in total. The Balaban J connectivity index is -0.0000000900. The molecule has 24 heavy (non-hydrogen) atoms. The van der Waals surface area contributed by atoms with Crippen LogP contribution in [0.2, 0.25) is 0 Å². The predicted molar refractivity (Wildman–Crippen MR) is 131 cm³/mol. The zero-order valence-electron chi connectivity index (χ0n) is 17.4. The molecular formula is C16H45O4P4-. The second-order valence-corrected chi connectivity index (χ2v) is 20.0. The standard InChI is InChI=1S/C8H19O2P2.2C4H11OP.2H2/c1-9-11(3,4)7-8-12(5,6)10-2;2*1-5-6(2,3)4;;/h3-5,7-8H2,1-2,6H3;2*2H2,1,3-4H3;2*1H/q-1;;;;. The molecule has 0 saturated carbocycles. The summed E-state index contributed by atoms with van der Waals surface area (Å²) in [6.45, 7) is 18.1. The summed E-state index contributed by atoms with van der Waals surface area (Å²) in [5.74, 6) is 0. The van der Waals surface area contributed by atoms with E-state index in [2.05, 4.69) is 38.9 Å². The van der Waals surface area contributed by atoms with Crippen LogP contribution in [0.15, 0.2) is 0 Å². The molecular weight excluding hydrogens is 380 g/mol. The molecule has 0 aliphatic carbocycles. The number of rotatable bonds is 7. The highest BCUT2D eigenvalue weighted by Gasteiger charge is 2.17. The largest absolute Gasteiger partial charge is 0.396 e. The smallest absolute Gasteiger partial charge is 0.0758 e. The van der Waals surface area contributed by atoms with Gasteiger partial charge in [0.1, 0.15) is 0 Å².